The molecule has 124 valence electrons. The first-order valence-electron chi connectivity index (χ1n) is 7.58. The van der Waals surface area contributed by atoms with Gasteiger partial charge in [-0.15, -0.1) is 12.4 Å². The molecule has 0 saturated carbocycles. The molecule has 3 rings (SSSR count). The van der Waals surface area contributed by atoms with Crippen molar-refractivity contribution in [1.29, 1.82) is 0 Å². The standard InChI is InChI=1S/C17H20FN3O.ClH/c1-19-14-3-2-8-21(11-14)17(22)16-10-20-9-15(16)12-4-6-13(18)7-5-12;/h4-7,9-10,14,19-20H,2-3,8,11H2,1H3;1H. The van der Waals surface area contributed by atoms with Crippen molar-refractivity contribution in [1.82, 2.24) is 15.2 Å². The molecule has 0 radical (unpaired) electrons. The van der Waals surface area contributed by atoms with Gasteiger partial charge in [-0.25, -0.2) is 4.39 Å². The number of H-pyrrole nitrogens is 1. The molecule has 0 bridgehead atoms. The van der Waals surface area contributed by atoms with Crippen LogP contribution >= 0.6 is 12.4 Å². The smallest absolute Gasteiger partial charge is 0.256 e. The van der Waals surface area contributed by atoms with Crippen molar-refractivity contribution in [2.45, 2.75) is 18.9 Å². The molecular formula is C17H21ClFN3O. The highest BCUT2D eigenvalue weighted by Gasteiger charge is 2.25. The molecule has 0 aliphatic carbocycles. The fourth-order valence-corrected chi connectivity index (χ4v) is 2.98. The average Bonchev–Trinajstić information content (AvgIpc) is 3.04. The van der Waals surface area contributed by atoms with Gasteiger partial charge in [0.1, 0.15) is 5.82 Å². The Morgan fingerprint density at radius 2 is 2.04 bits per heavy atom. The van der Waals surface area contributed by atoms with Crippen LogP contribution in [0.2, 0.25) is 0 Å². The third kappa shape index (κ3) is 3.74. The third-order valence-corrected chi connectivity index (χ3v) is 4.25. The minimum absolute atomic E-state index is 0. The number of likely N-dealkylation sites (tertiary alicyclic amines) is 1. The number of carbonyl (C=O) groups is 1. The van der Waals surface area contributed by atoms with Gasteiger partial charge in [0, 0.05) is 37.1 Å². The van der Waals surface area contributed by atoms with Crippen LogP contribution in [0.3, 0.4) is 0 Å². The SMILES string of the molecule is CNC1CCCN(C(=O)c2c[nH]cc2-c2ccc(F)cc2)C1.Cl. The monoisotopic (exact) mass is 337 g/mol. The van der Waals surface area contributed by atoms with Gasteiger partial charge >= 0.3 is 0 Å². The minimum atomic E-state index is -0.278. The zero-order chi connectivity index (χ0) is 15.5. The van der Waals surface area contributed by atoms with Gasteiger partial charge in [0.15, 0.2) is 0 Å². The van der Waals surface area contributed by atoms with Crippen molar-refractivity contribution in [2.75, 3.05) is 20.1 Å². The summed E-state index contributed by atoms with van der Waals surface area (Å²) in [6.45, 7) is 1.51. The first kappa shape index (κ1) is 17.5. The van der Waals surface area contributed by atoms with E-state index < -0.39 is 0 Å². The quantitative estimate of drug-likeness (QED) is 0.904. The lowest BCUT2D eigenvalue weighted by Gasteiger charge is -2.32. The van der Waals surface area contributed by atoms with Gasteiger partial charge in [0.05, 0.1) is 5.56 Å². The zero-order valence-corrected chi connectivity index (χ0v) is 13.8. The van der Waals surface area contributed by atoms with Crippen LogP contribution in [0.1, 0.15) is 23.2 Å². The highest BCUT2D eigenvalue weighted by Crippen LogP contribution is 2.26. The summed E-state index contributed by atoms with van der Waals surface area (Å²) in [5.74, 6) is -0.249. The van der Waals surface area contributed by atoms with Gasteiger partial charge in [-0.2, -0.15) is 0 Å². The van der Waals surface area contributed by atoms with E-state index in [0.29, 0.717) is 11.6 Å². The van der Waals surface area contributed by atoms with Gasteiger partial charge in [-0.3, -0.25) is 4.79 Å². The summed E-state index contributed by atoms with van der Waals surface area (Å²) in [4.78, 5) is 17.7. The molecule has 2 heterocycles. The summed E-state index contributed by atoms with van der Waals surface area (Å²) in [6.07, 6.45) is 5.62. The Kier molecular flexibility index (Phi) is 5.80. The van der Waals surface area contributed by atoms with E-state index in [9.17, 15) is 9.18 Å². The van der Waals surface area contributed by atoms with Gasteiger partial charge in [0.25, 0.3) is 5.91 Å². The number of hydrogen-bond acceptors (Lipinski definition) is 2. The van der Waals surface area contributed by atoms with Crippen LogP contribution in [0.15, 0.2) is 36.7 Å². The molecule has 4 nitrogen and oxygen atoms in total. The number of halogens is 2. The van der Waals surface area contributed by atoms with Crippen molar-refractivity contribution in [2.24, 2.45) is 0 Å². The number of nitrogens with zero attached hydrogens (tertiary/aromatic N) is 1. The lowest BCUT2D eigenvalue weighted by molar-refractivity contribution is 0.0699. The summed E-state index contributed by atoms with van der Waals surface area (Å²) in [5.41, 5.74) is 2.30. The number of nitrogens with one attached hydrogen (secondary N) is 2. The Bertz CT molecular complexity index is 656. The third-order valence-electron chi connectivity index (χ3n) is 4.25. The number of hydrogen-bond donors (Lipinski definition) is 2. The van der Waals surface area contributed by atoms with Crippen LogP contribution in [-0.4, -0.2) is 42.0 Å². The van der Waals surface area contributed by atoms with E-state index in [1.807, 2.05) is 11.9 Å². The Balaban J connectivity index is 0.00000192. The molecule has 1 aromatic heterocycles. The first-order chi connectivity index (χ1) is 10.7. The van der Waals surface area contributed by atoms with E-state index >= 15 is 0 Å². The molecule has 1 aliphatic rings. The second-order valence-corrected chi connectivity index (χ2v) is 5.67. The van der Waals surface area contributed by atoms with Crippen LogP contribution in [0.5, 0.6) is 0 Å². The van der Waals surface area contributed by atoms with Gasteiger partial charge in [-0.05, 0) is 37.6 Å². The molecule has 1 aromatic carbocycles. The second kappa shape index (κ2) is 7.62. The number of aromatic amines is 1. The van der Waals surface area contributed by atoms with Crippen LogP contribution in [0, 0.1) is 5.82 Å². The topological polar surface area (TPSA) is 48.1 Å². The van der Waals surface area contributed by atoms with E-state index in [0.717, 1.165) is 37.1 Å². The molecule has 1 aliphatic heterocycles. The fourth-order valence-electron chi connectivity index (χ4n) is 2.98. The summed E-state index contributed by atoms with van der Waals surface area (Å²) in [5, 5.41) is 3.24. The van der Waals surface area contributed by atoms with Crippen LogP contribution in [-0.2, 0) is 0 Å². The van der Waals surface area contributed by atoms with Crippen molar-refractivity contribution in [3.8, 4) is 11.1 Å². The van der Waals surface area contributed by atoms with Crippen LogP contribution < -0.4 is 5.32 Å². The molecule has 0 spiro atoms. The number of likely N-dealkylation sites (N-methyl/N-ethyl adjacent to an activating group) is 1. The van der Waals surface area contributed by atoms with Gasteiger partial charge in [-0.1, -0.05) is 12.1 Å². The Labute approximate surface area is 141 Å². The Hall–Kier alpha value is -1.85. The molecule has 23 heavy (non-hydrogen) atoms. The van der Waals surface area contributed by atoms with E-state index in [1.165, 1.54) is 12.1 Å². The van der Waals surface area contributed by atoms with Gasteiger partial charge < -0.3 is 15.2 Å². The molecule has 1 amide bonds. The molecule has 1 atom stereocenters. The summed E-state index contributed by atoms with van der Waals surface area (Å²) in [6, 6.07) is 6.57. The van der Waals surface area contributed by atoms with Crippen molar-refractivity contribution < 1.29 is 9.18 Å². The molecule has 2 N–H and O–H groups in total. The summed E-state index contributed by atoms with van der Waals surface area (Å²) in [7, 11) is 1.93. The average molecular weight is 338 g/mol. The van der Waals surface area contributed by atoms with E-state index in [1.54, 1.807) is 24.5 Å². The number of rotatable bonds is 3. The van der Waals surface area contributed by atoms with E-state index in [4.69, 9.17) is 0 Å². The van der Waals surface area contributed by atoms with Crippen molar-refractivity contribution in [3.05, 3.63) is 48.0 Å². The molecule has 1 fully saturated rings. The fraction of sp³-hybridized carbons (Fsp3) is 0.353. The predicted molar refractivity (Wildman–Crippen MR) is 91.4 cm³/mol. The predicted octanol–water partition coefficient (Wildman–Crippen LogP) is 3.07. The zero-order valence-electron chi connectivity index (χ0n) is 13.0. The number of piperidine rings is 1. The Morgan fingerprint density at radius 1 is 1.30 bits per heavy atom. The van der Waals surface area contributed by atoms with E-state index in [-0.39, 0.29) is 24.1 Å². The second-order valence-electron chi connectivity index (χ2n) is 5.67. The lowest BCUT2D eigenvalue weighted by Crippen LogP contribution is -2.47. The highest BCUT2D eigenvalue weighted by atomic mass is 35.5. The van der Waals surface area contributed by atoms with Crippen molar-refractivity contribution >= 4 is 18.3 Å². The van der Waals surface area contributed by atoms with Gasteiger partial charge in [0.2, 0.25) is 0 Å². The summed E-state index contributed by atoms with van der Waals surface area (Å²) < 4.78 is 13.1. The maximum Gasteiger partial charge on any atom is 0.256 e. The van der Waals surface area contributed by atoms with Crippen LogP contribution in [0.25, 0.3) is 11.1 Å². The first-order valence-corrected chi connectivity index (χ1v) is 7.58. The van der Waals surface area contributed by atoms with E-state index in [2.05, 4.69) is 10.3 Å². The molecule has 1 unspecified atom stereocenters. The molecular weight excluding hydrogens is 317 g/mol. The number of aromatic nitrogens is 1. The maximum absolute atomic E-state index is 13.1. The van der Waals surface area contributed by atoms with Crippen LogP contribution in [0.4, 0.5) is 4.39 Å². The maximum atomic E-state index is 13.1. The summed E-state index contributed by atoms with van der Waals surface area (Å²) >= 11 is 0. The minimum Gasteiger partial charge on any atom is -0.366 e. The van der Waals surface area contributed by atoms with Crippen molar-refractivity contribution in [3.63, 3.8) is 0 Å². The Morgan fingerprint density at radius 3 is 2.74 bits per heavy atom. The largest absolute Gasteiger partial charge is 0.366 e. The number of carbonyl (C=O) groups excluding carboxylic acids is 1. The normalized spacial score (nSPS) is 17.7. The highest BCUT2D eigenvalue weighted by molar-refractivity contribution is 6.00. The molecule has 6 heteroatoms. The molecule has 1 saturated heterocycles. The molecule has 2 aromatic rings. The lowest BCUT2D eigenvalue weighted by atomic mass is 10.0. The number of amides is 1. The number of benzene rings is 1.